The van der Waals surface area contributed by atoms with Gasteiger partial charge in [-0.3, -0.25) is 10.1 Å². The molecule has 1 aliphatic rings. The number of halogens is 1. The predicted molar refractivity (Wildman–Crippen MR) is 78.9 cm³/mol. The van der Waals surface area contributed by atoms with E-state index < -0.39 is 10.9 Å². The largest absolute Gasteiger partial charge is 0.478 e. The van der Waals surface area contributed by atoms with E-state index in [0.29, 0.717) is 0 Å². The van der Waals surface area contributed by atoms with Crippen LogP contribution in [0.1, 0.15) is 36.0 Å². The highest BCUT2D eigenvalue weighted by Crippen LogP contribution is 2.33. The summed E-state index contributed by atoms with van der Waals surface area (Å²) >= 11 is 6.02. The summed E-state index contributed by atoms with van der Waals surface area (Å²) in [6.45, 7) is 0. The molecule has 114 valence electrons. The number of carboxylic acid groups (broad SMARTS) is 1. The van der Waals surface area contributed by atoms with Crippen molar-refractivity contribution in [2.75, 3.05) is 5.32 Å². The van der Waals surface area contributed by atoms with Crippen molar-refractivity contribution in [3.05, 3.63) is 32.8 Å². The minimum absolute atomic E-state index is 0.0133. The second-order valence-corrected chi connectivity index (χ2v) is 5.52. The molecule has 8 heteroatoms. The van der Waals surface area contributed by atoms with E-state index in [9.17, 15) is 20.0 Å². The molecule has 0 aliphatic heterocycles. The number of benzene rings is 1. The van der Waals surface area contributed by atoms with Crippen LogP contribution in [0.2, 0.25) is 5.02 Å². The van der Waals surface area contributed by atoms with Crippen LogP contribution in [0.5, 0.6) is 0 Å². The van der Waals surface area contributed by atoms with Crippen LogP contribution < -0.4 is 11.1 Å². The zero-order chi connectivity index (χ0) is 15.6. The van der Waals surface area contributed by atoms with Crippen molar-refractivity contribution >= 4 is 28.9 Å². The second kappa shape index (κ2) is 6.28. The third-order valence-corrected chi connectivity index (χ3v) is 3.96. The number of nitrogens with zero attached hydrogens (tertiary/aromatic N) is 1. The standard InChI is InChI=1S/C13H16ClN3O4/c14-9-6-7(17(20)21)5-8(13(18)19)12(9)16-11-4-2-1-3-10(11)15/h5-6,10-11,16H,1-4,15H2,(H,18,19). The number of aromatic carboxylic acids is 1. The highest BCUT2D eigenvalue weighted by atomic mass is 35.5. The van der Waals surface area contributed by atoms with Gasteiger partial charge < -0.3 is 16.2 Å². The summed E-state index contributed by atoms with van der Waals surface area (Å²) in [5.41, 5.74) is 5.64. The maximum atomic E-state index is 11.3. The molecule has 0 heterocycles. The van der Waals surface area contributed by atoms with Crippen LogP contribution in [0.3, 0.4) is 0 Å². The van der Waals surface area contributed by atoms with Gasteiger partial charge in [-0.2, -0.15) is 0 Å². The highest BCUT2D eigenvalue weighted by Gasteiger charge is 2.26. The van der Waals surface area contributed by atoms with Gasteiger partial charge in [0.15, 0.2) is 0 Å². The Hall–Kier alpha value is -1.86. The van der Waals surface area contributed by atoms with Gasteiger partial charge in [0, 0.05) is 24.2 Å². The Morgan fingerprint density at radius 1 is 1.43 bits per heavy atom. The molecule has 2 rings (SSSR count). The van der Waals surface area contributed by atoms with Crippen LogP contribution in [0.25, 0.3) is 0 Å². The number of carbonyl (C=O) groups is 1. The average molecular weight is 314 g/mol. The van der Waals surface area contributed by atoms with E-state index in [-0.39, 0.29) is 34.0 Å². The van der Waals surface area contributed by atoms with E-state index >= 15 is 0 Å². The van der Waals surface area contributed by atoms with Crippen molar-refractivity contribution in [1.82, 2.24) is 0 Å². The Morgan fingerprint density at radius 3 is 2.67 bits per heavy atom. The maximum absolute atomic E-state index is 11.3. The maximum Gasteiger partial charge on any atom is 0.338 e. The van der Waals surface area contributed by atoms with Crippen molar-refractivity contribution in [3.8, 4) is 0 Å². The normalized spacial score (nSPS) is 21.8. The molecule has 0 radical (unpaired) electrons. The van der Waals surface area contributed by atoms with Crippen molar-refractivity contribution in [2.24, 2.45) is 5.73 Å². The summed E-state index contributed by atoms with van der Waals surface area (Å²) in [5, 5.41) is 23.1. The summed E-state index contributed by atoms with van der Waals surface area (Å²) in [6, 6.07) is 1.97. The van der Waals surface area contributed by atoms with Crippen molar-refractivity contribution in [3.63, 3.8) is 0 Å². The summed E-state index contributed by atoms with van der Waals surface area (Å²) in [4.78, 5) is 21.4. The van der Waals surface area contributed by atoms with Crippen molar-refractivity contribution < 1.29 is 14.8 Å². The SMILES string of the molecule is NC1CCCCC1Nc1c(Cl)cc([N+](=O)[O-])cc1C(=O)O. The number of nitrogens with one attached hydrogen (secondary N) is 1. The van der Waals surface area contributed by atoms with Crippen molar-refractivity contribution in [2.45, 2.75) is 37.8 Å². The first-order valence-electron chi connectivity index (χ1n) is 6.63. The monoisotopic (exact) mass is 313 g/mol. The first-order chi connectivity index (χ1) is 9.90. The van der Waals surface area contributed by atoms with E-state index in [2.05, 4.69) is 5.32 Å². The zero-order valence-corrected chi connectivity index (χ0v) is 12.0. The molecule has 7 nitrogen and oxygen atoms in total. The van der Waals surface area contributed by atoms with Gasteiger partial charge in [-0.1, -0.05) is 24.4 Å². The van der Waals surface area contributed by atoms with E-state index in [1.54, 1.807) is 0 Å². The Labute approximate surface area is 126 Å². The molecule has 2 unspecified atom stereocenters. The molecule has 1 aromatic carbocycles. The topological polar surface area (TPSA) is 118 Å². The van der Waals surface area contributed by atoms with Gasteiger partial charge in [0.1, 0.15) is 0 Å². The lowest BCUT2D eigenvalue weighted by Gasteiger charge is -2.30. The van der Waals surface area contributed by atoms with Crippen LogP contribution in [-0.2, 0) is 0 Å². The van der Waals surface area contributed by atoms with Gasteiger partial charge in [-0.05, 0) is 12.8 Å². The van der Waals surface area contributed by atoms with E-state index in [1.807, 2.05) is 0 Å². The molecule has 1 fully saturated rings. The zero-order valence-electron chi connectivity index (χ0n) is 11.2. The third-order valence-electron chi connectivity index (χ3n) is 3.67. The van der Waals surface area contributed by atoms with Gasteiger partial charge in [-0.15, -0.1) is 0 Å². The molecule has 0 amide bonds. The summed E-state index contributed by atoms with van der Waals surface area (Å²) in [6.07, 6.45) is 3.70. The molecule has 2 atom stereocenters. The summed E-state index contributed by atoms with van der Waals surface area (Å²) < 4.78 is 0. The third kappa shape index (κ3) is 3.43. The fourth-order valence-corrected chi connectivity index (χ4v) is 2.81. The molecular formula is C13H16ClN3O4. The van der Waals surface area contributed by atoms with Crippen LogP contribution in [0.15, 0.2) is 12.1 Å². The smallest absolute Gasteiger partial charge is 0.338 e. The number of hydrogen-bond donors (Lipinski definition) is 3. The average Bonchev–Trinajstić information content (AvgIpc) is 2.42. The lowest BCUT2D eigenvalue weighted by Crippen LogP contribution is -2.42. The number of carboxylic acids is 1. The quantitative estimate of drug-likeness (QED) is 0.580. The Kier molecular flexibility index (Phi) is 4.64. The van der Waals surface area contributed by atoms with Crippen LogP contribution in [0, 0.1) is 10.1 Å². The number of rotatable bonds is 4. The first-order valence-corrected chi connectivity index (χ1v) is 7.01. The van der Waals surface area contributed by atoms with Gasteiger partial charge in [-0.25, -0.2) is 4.79 Å². The predicted octanol–water partition coefficient (Wildman–Crippen LogP) is 2.63. The van der Waals surface area contributed by atoms with Crippen LogP contribution in [0.4, 0.5) is 11.4 Å². The van der Waals surface area contributed by atoms with Gasteiger partial charge in [0.25, 0.3) is 5.69 Å². The molecule has 1 aliphatic carbocycles. The summed E-state index contributed by atoms with van der Waals surface area (Å²) in [7, 11) is 0. The Bertz CT molecular complexity index is 579. The molecule has 0 aromatic heterocycles. The highest BCUT2D eigenvalue weighted by molar-refractivity contribution is 6.34. The number of hydrogen-bond acceptors (Lipinski definition) is 5. The van der Waals surface area contributed by atoms with Gasteiger partial charge in [0.2, 0.25) is 0 Å². The number of nitro groups is 1. The second-order valence-electron chi connectivity index (χ2n) is 5.11. The Balaban J connectivity index is 2.37. The van der Waals surface area contributed by atoms with E-state index in [4.69, 9.17) is 17.3 Å². The molecule has 1 aromatic rings. The molecule has 4 N–H and O–H groups in total. The number of anilines is 1. The number of nitro benzene ring substituents is 1. The number of non-ortho nitro benzene ring substituents is 1. The number of nitrogens with two attached hydrogens (primary N) is 1. The molecule has 21 heavy (non-hydrogen) atoms. The van der Waals surface area contributed by atoms with Gasteiger partial charge in [0.05, 0.1) is 21.2 Å². The Morgan fingerprint density at radius 2 is 2.10 bits per heavy atom. The van der Waals surface area contributed by atoms with Crippen LogP contribution >= 0.6 is 11.6 Å². The van der Waals surface area contributed by atoms with E-state index in [1.165, 1.54) is 0 Å². The molecule has 1 saturated carbocycles. The lowest BCUT2D eigenvalue weighted by molar-refractivity contribution is -0.384. The molecule has 0 bridgehead atoms. The van der Waals surface area contributed by atoms with Crippen LogP contribution in [-0.4, -0.2) is 28.1 Å². The first kappa shape index (κ1) is 15.5. The molecular weight excluding hydrogens is 298 g/mol. The summed E-state index contributed by atoms with van der Waals surface area (Å²) in [5.74, 6) is -1.27. The minimum atomic E-state index is -1.27. The molecule has 0 spiro atoms. The van der Waals surface area contributed by atoms with E-state index in [0.717, 1.165) is 37.8 Å². The van der Waals surface area contributed by atoms with Gasteiger partial charge >= 0.3 is 5.97 Å². The minimum Gasteiger partial charge on any atom is -0.478 e. The lowest BCUT2D eigenvalue weighted by atomic mass is 9.90. The molecule has 0 saturated heterocycles. The van der Waals surface area contributed by atoms with Crippen molar-refractivity contribution in [1.29, 1.82) is 0 Å². The fraction of sp³-hybridized carbons (Fsp3) is 0.462. The fourth-order valence-electron chi connectivity index (χ4n) is 2.54.